The molecule has 0 spiro atoms. The Balaban J connectivity index is 1.89. The fraction of sp³-hybridized carbons (Fsp3) is 0.214. The van der Waals surface area contributed by atoms with Crippen LogP contribution in [0.4, 0.5) is 0 Å². The van der Waals surface area contributed by atoms with Crippen molar-refractivity contribution < 1.29 is 0 Å². The Hall–Kier alpha value is -1.66. The molecule has 0 saturated carbocycles. The second kappa shape index (κ2) is 5.61. The van der Waals surface area contributed by atoms with Gasteiger partial charge in [-0.1, -0.05) is 39.7 Å². The molecule has 21 heavy (non-hydrogen) atoms. The summed E-state index contributed by atoms with van der Waals surface area (Å²) >= 11 is 9.42. The summed E-state index contributed by atoms with van der Waals surface area (Å²) in [7, 11) is 1.81. The molecule has 0 aliphatic heterocycles. The zero-order chi connectivity index (χ0) is 15.0. The normalized spacial score (nSPS) is 11.0. The molecule has 0 radical (unpaired) electrons. The Kier molecular flexibility index (Phi) is 3.82. The Morgan fingerprint density at radius 3 is 2.52 bits per heavy atom. The summed E-state index contributed by atoms with van der Waals surface area (Å²) in [4.78, 5) is 4.50. The lowest BCUT2D eigenvalue weighted by Crippen LogP contribution is -2.05. The lowest BCUT2D eigenvalue weighted by Gasteiger charge is -1.99. The van der Waals surface area contributed by atoms with Crippen molar-refractivity contribution in [1.29, 1.82) is 0 Å². The van der Waals surface area contributed by atoms with Crippen molar-refractivity contribution in [3.63, 3.8) is 0 Å². The van der Waals surface area contributed by atoms with E-state index in [1.165, 1.54) is 0 Å². The van der Waals surface area contributed by atoms with E-state index in [4.69, 9.17) is 11.6 Å². The monoisotopic (exact) mass is 365 g/mol. The number of hydrogen-bond donors (Lipinski definition) is 0. The summed E-state index contributed by atoms with van der Waals surface area (Å²) in [6, 6.07) is 9.76. The van der Waals surface area contributed by atoms with Gasteiger partial charge in [-0.15, -0.1) is 0 Å². The van der Waals surface area contributed by atoms with Crippen molar-refractivity contribution in [1.82, 2.24) is 24.5 Å². The first kappa shape index (κ1) is 14.3. The first-order valence-electron chi connectivity index (χ1n) is 6.39. The van der Waals surface area contributed by atoms with Gasteiger partial charge in [-0.2, -0.15) is 10.2 Å². The van der Waals surface area contributed by atoms with Gasteiger partial charge in [-0.25, -0.2) is 9.67 Å². The Morgan fingerprint density at radius 1 is 1.19 bits per heavy atom. The number of benzene rings is 1. The van der Waals surface area contributed by atoms with E-state index in [1.807, 2.05) is 49.0 Å². The van der Waals surface area contributed by atoms with Crippen LogP contribution in [0.3, 0.4) is 0 Å². The molecule has 0 saturated heterocycles. The molecule has 1 aromatic carbocycles. The maximum Gasteiger partial charge on any atom is 0.181 e. The van der Waals surface area contributed by atoms with Gasteiger partial charge in [0.25, 0.3) is 0 Å². The highest BCUT2D eigenvalue weighted by molar-refractivity contribution is 9.10. The average molecular weight is 367 g/mol. The molecular formula is C14H13BrClN5. The first-order valence-corrected chi connectivity index (χ1v) is 7.56. The molecule has 0 amide bonds. The smallest absolute Gasteiger partial charge is 0.181 e. The number of aryl methyl sites for hydroxylation is 2. The second-order valence-corrected chi connectivity index (χ2v) is 6.03. The van der Waals surface area contributed by atoms with Gasteiger partial charge in [0.1, 0.15) is 11.0 Å². The van der Waals surface area contributed by atoms with Crippen molar-refractivity contribution in [3.05, 3.63) is 51.5 Å². The molecule has 0 fully saturated rings. The minimum atomic E-state index is 0.552. The summed E-state index contributed by atoms with van der Waals surface area (Å²) in [5.41, 5.74) is 1.84. The quantitative estimate of drug-likeness (QED) is 0.713. The highest BCUT2D eigenvalue weighted by Gasteiger charge is 2.11. The number of hydrogen-bond acceptors (Lipinski definition) is 3. The lowest BCUT2D eigenvalue weighted by atomic mass is 10.2. The summed E-state index contributed by atoms with van der Waals surface area (Å²) in [6.45, 7) is 2.48. The third kappa shape index (κ3) is 3.01. The van der Waals surface area contributed by atoms with Crippen LogP contribution < -0.4 is 0 Å². The van der Waals surface area contributed by atoms with Gasteiger partial charge >= 0.3 is 0 Å². The predicted molar refractivity (Wildman–Crippen MR) is 85.2 cm³/mol. The molecule has 2 aromatic heterocycles. The molecule has 0 unspecified atom stereocenters. The third-order valence-electron chi connectivity index (χ3n) is 3.14. The average Bonchev–Trinajstić information content (AvgIpc) is 2.95. The molecule has 0 N–H and O–H groups in total. The number of rotatable bonds is 3. The van der Waals surface area contributed by atoms with Gasteiger partial charge in [0.05, 0.1) is 12.2 Å². The molecule has 2 heterocycles. The Labute approximate surface area is 135 Å². The van der Waals surface area contributed by atoms with Crippen LogP contribution in [0, 0.1) is 6.92 Å². The number of aromatic nitrogens is 5. The molecule has 108 valence electrons. The van der Waals surface area contributed by atoms with Gasteiger partial charge in [-0.05, 0) is 19.1 Å². The molecule has 0 aliphatic carbocycles. The highest BCUT2D eigenvalue weighted by Crippen LogP contribution is 2.19. The van der Waals surface area contributed by atoms with Crippen LogP contribution >= 0.6 is 27.5 Å². The van der Waals surface area contributed by atoms with Crippen LogP contribution in [0.15, 0.2) is 34.8 Å². The largest absolute Gasteiger partial charge is 0.257 e. The van der Waals surface area contributed by atoms with E-state index in [-0.39, 0.29) is 0 Å². The van der Waals surface area contributed by atoms with Crippen LogP contribution in [0.2, 0.25) is 5.15 Å². The fourth-order valence-corrected chi connectivity index (χ4v) is 2.45. The maximum atomic E-state index is 6.00. The SMILES string of the molecule is Cc1nc(-c2ccc(Br)cc2)nn1Cc1cc(Cl)n(C)n1. The van der Waals surface area contributed by atoms with E-state index >= 15 is 0 Å². The maximum absolute atomic E-state index is 6.00. The van der Waals surface area contributed by atoms with Crippen LogP contribution in [0.25, 0.3) is 11.4 Å². The van der Waals surface area contributed by atoms with Crippen molar-refractivity contribution >= 4 is 27.5 Å². The van der Waals surface area contributed by atoms with Gasteiger partial charge < -0.3 is 0 Å². The van der Waals surface area contributed by atoms with E-state index < -0.39 is 0 Å². The van der Waals surface area contributed by atoms with E-state index in [0.717, 1.165) is 21.6 Å². The predicted octanol–water partition coefficient (Wildman–Crippen LogP) is 3.45. The van der Waals surface area contributed by atoms with Crippen molar-refractivity contribution in [3.8, 4) is 11.4 Å². The van der Waals surface area contributed by atoms with Crippen molar-refractivity contribution in [2.24, 2.45) is 7.05 Å². The summed E-state index contributed by atoms with van der Waals surface area (Å²) in [6.07, 6.45) is 0. The minimum Gasteiger partial charge on any atom is -0.257 e. The van der Waals surface area contributed by atoms with Gasteiger partial charge in [0.15, 0.2) is 5.82 Å². The minimum absolute atomic E-state index is 0.552. The molecule has 3 rings (SSSR count). The topological polar surface area (TPSA) is 48.5 Å². The molecule has 5 nitrogen and oxygen atoms in total. The molecular weight excluding hydrogens is 354 g/mol. The fourth-order valence-electron chi connectivity index (χ4n) is 2.02. The molecule has 7 heteroatoms. The number of nitrogens with zero attached hydrogens (tertiary/aromatic N) is 5. The van der Waals surface area contributed by atoms with Gasteiger partial charge in [0, 0.05) is 23.2 Å². The summed E-state index contributed by atoms with van der Waals surface area (Å²) < 4.78 is 4.50. The van der Waals surface area contributed by atoms with E-state index in [1.54, 1.807) is 4.68 Å². The molecule has 0 aliphatic rings. The molecule has 0 atom stereocenters. The first-order chi connectivity index (χ1) is 10.0. The lowest BCUT2D eigenvalue weighted by molar-refractivity contribution is 0.632. The third-order valence-corrected chi connectivity index (χ3v) is 4.03. The zero-order valence-corrected chi connectivity index (χ0v) is 13.9. The summed E-state index contributed by atoms with van der Waals surface area (Å²) in [5.74, 6) is 1.55. The standard InChI is InChI=1S/C14H13BrClN5/c1-9-17-14(10-3-5-11(15)6-4-10)19-21(9)8-12-7-13(16)20(2)18-12/h3-7H,8H2,1-2H3. The summed E-state index contributed by atoms with van der Waals surface area (Å²) in [5, 5.41) is 9.48. The second-order valence-electron chi connectivity index (χ2n) is 4.73. The van der Waals surface area contributed by atoms with Crippen LogP contribution in [0.5, 0.6) is 0 Å². The Morgan fingerprint density at radius 2 is 1.90 bits per heavy atom. The van der Waals surface area contributed by atoms with Gasteiger partial charge in [-0.3, -0.25) is 4.68 Å². The van der Waals surface area contributed by atoms with Crippen LogP contribution in [0.1, 0.15) is 11.5 Å². The van der Waals surface area contributed by atoms with Crippen LogP contribution in [-0.4, -0.2) is 24.5 Å². The van der Waals surface area contributed by atoms with Gasteiger partial charge in [0.2, 0.25) is 0 Å². The van der Waals surface area contributed by atoms with Crippen molar-refractivity contribution in [2.45, 2.75) is 13.5 Å². The molecule has 0 bridgehead atoms. The Bertz CT molecular complexity index is 756. The van der Waals surface area contributed by atoms with Crippen LogP contribution in [-0.2, 0) is 13.6 Å². The van der Waals surface area contributed by atoms with E-state index in [9.17, 15) is 0 Å². The zero-order valence-electron chi connectivity index (χ0n) is 11.6. The number of halogens is 2. The van der Waals surface area contributed by atoms with E-state index in [2.05, 4.69) is 31.1 Å². The van der Waals surface area contributed by atoms with E-state index in [0.29, 0.717) is 17.5 Å². The van der Waals surface area contributed by atoms with Crippen molar-refractivity contribution in [2.75, 3.05) is 0 Å². The highest BCUT2D eigenvalue weighted by atomic mass is 79.9. The molecule has 3 aromatic rings.